The maximum atomic E-state index is 15.6. The predicted octanol–water partition coefficient (Wildman–Crippen LogP) is 2.26. The van der Waals surface area contributed by atoms with E-state index in [9.17, 15) is 4.79 Å². The van der Waals surface area contributed by atoms with E-state index >= 15 is 4.39 Å². The fourth-order valence-electron chi connectivity index (χ4n) is 8.52. The summed E-state index contributed by atoms with van der Waals surface area (Å²) >= 11 is 0. The molecule has 4 aliphatic rings. The van der Waals surface area contributed by atoms with Crippen LogP contribution in [0.5, 0.6) is 0 Å². The van der Waals surface area contributed by atoms with Gasteiger partial charge in [-0.15, -0.1) is 0 Å². The molecule has 0 radical (unpaired) electrons. The molecule has 37 heavy (non-hydrogen) atoms. The molecular weight excluding hydrogens is 483 g/mol. The molecule has 0 bridgehead atoms. The van der Waals surface area contributed by atoms with Crippen LogP contribution in [0.4, 0.5) is 4.39 Å². The van der Waals surface area contributed by atoms with E-state index in [1.54, 1.807) is 6.07 Å². The van der Waals surface area contributed by atoms with E-state index in [4.69, 9.17) is 0 Å². The van der Waals surface area contributed by atoms with Gasteiger partial charge in [-0.1, -0.05) is 55.7 Å². The minimum absolute atomic E-state index is 0. The third-order valence-corrected chi connectivity index (χ3v) is 10.2. The van der Waals surface area contributed by atoms with Gasteiger partial charge in [0.2, 0.25) is 5.91 Å². The number of quaternary nitrogens is 1. The fraction of sp³-hybridized carbons (Fsp3) is 0.594. The number of nitrogens with zero attached hydrogens (tertiary/aromatic N) is 1. The van der Waals surface area contributed by atoms with Crippen LogP contribution >= 0.6 is 0 Å². The van der Waals surface area contributed by atoms with Gasteiger partial charge < -0.3 is 22.6 Å². The van der Waals surface area contributed by atoms with Crippen molar-refractivity contribution in [3.8, 4) is 0 Å². The number of carbonyl (C=O) groups excluding carboxylic acids is 1. The number of fused-ring (bicyclic) bond motifs is 2. The van der Waals surface area contributed by atoms with Crippen molar-refractivity contribution in [1.82, 2.24) is 4.90 Å². The molecule has 5 heteroatoms. The number of carbonyl (C=O) groups is 1. The smallest absolute Gasteiger partial charge is 0.232 e. The van der Waals surface area contributed by atoms with Gasteiger partial charge in [0.05, 0.1) is 18.5 Å². The molecule has 1 amide bonds. The highest BCUT2D eigenvalue weighted by atomic mass is 35.5. The molecule has 2 heterocycles. The molecular formula is C32H42ClFN2O. The van der Waals surface area contributed by atoms with E-state index in [1.807, 2.05) is 6.92 Å². The van der Waals surface area contributed by atoms with Crippen LogP contribution < -0.4 is 17.7 Å². The first-order valence-electron chi connectivity index (χ1n) is 14.5. The van der Waals surface area contributed by atoms with Crippen molar-refractivity contribution in [3.63, 3.8) is 0 Å². The summed E-state index contributed by atoms with van der Waals surface area (Å²) in [4.78, 5) is 16.8. The Morgan fingerprint density at radius 1 is 1.05 bits per heavy atom. The average molecular weight is 525 g/mol. The Morgan fingerprint density at radius 3 is 2.62 bits per heavy atom. The third kappa shape index (κ3) is 4.85. The van der Waals surface area contributed by atoms with Crippen LogP contribution in [0.3, 0.4) is 0 Å². The van der Waals surface area contributed by atoms with E-state index in [1.165, 1.54) is 37.7 Å². The summed E-state index contributed by atoms with van der Waals surface area (Å²) in [5.41, 5.74) is 4.09. The monoisotopic (exact) mass is 524 g/mol. The van der Waals surface area contributed by atoms with Crippen LogP contribution in [0, 0.1) is 24.6 Å². The van der Waals surface area contributed by atoms with Crippen LogP contribution in [0.15, 0.2) is 42.5 Å². The largest absolute Gasteiger partial charge is 1.00 e. The van der Waals surface area contributed by atoms with Gasteiger partial charge in [0, 0.05) is 18.2 Å². The first-order chi connectivity index (χ1) is 17.6. The first-order valence-corrected chi connectivity index (χ1v) is 14.5. The Kier molecular flexibility index (Phi) is 7.98. The molecule has 2 saturated heterocycles. The van der Waals surface area contributed by atoms with Crippen molar-refractivity contribution >= 4 is 5.91 Å². The topological polar surface area (TPSA) is 36.9 Å². The number of piperidine rings is 1. The molecule has 1 unspecified atom stereocenters. The number of nitrogens with two attached hydrogens (primary N) is 1. The second-order valence-electron chi connectivity index (χ2n) is 12.2. The Bertz CT molecular complexity index is 1100. The van der Waals surface area contributed by atoms with Crippen molar-refractivity contribution in [2.45, 2.75) is 88.5 Å². The second kappa shape index (κ2) is 11.1. The zero-order chi connectivity index (χ0) is 24.7. The zero-order valence-electron chi connectivity index (χ0n) is 22.2. The number of rotatable bonds is 3. The summed E-state index contributed by atoms with van der Waals surface area (Å²) in [5.74, 6) is 1.26. The van der Waals surface area contributed by atoms with E-state index in [2.05, 4.69) is 46.6 Å². The molecule has 2 aromatic rings. The summed E-state index contributed by atoms with van der Waals surface area (Å²) in [7, 11) is 0. The van der Waals surface area contributed by atoms with E-state index in [-0.39, 0.29) is 29.6 Å². The standard InChI is InChI=1S/C32H41FN2O.ClH/c1-22-17-26-13-8-15-32(30(26)28(33)18-22)21-34-20-27(32)31(36)35-16-14-25(23-9-4-2-5-10-23)19-29(35)24-11-6-3-7-12-24;/h2,4-5,9-10,17-18,24-25,27,29,34H,3,6-8,11-16,19-21H2,1H3;1H/t25-,27?,29+,32-;/m1./s1. The molecule has 2 aliphatic heterocycles. The lowest BCUT2D eigenvalue weighted by Gasteiger charge is -2.47. The van der Waals surface area contributed by atoms with Crippen molar-refractivity contribution in [2.75, 3.05) is 19.6 Å². The molecule has 4 atom stereocenters. The molecule has 2 aliphatic carbocycles. The Hall–Kier alpha value is -1.91. The van der Waals surface area contributed by atoms with Crippen molar-refractivity contribution in [3.05, 3.63) is 70.5 Å². The van der Waals surface area contributed by atoms with Gasteiger partial charge in [-0.3, -0.25) is 4.79 Å². The number of amides is 1. The molecule has 6 rings (SSSR count). The van der Waals surface area contributed by atoms with Gasteiger partial charge in [-0.2, -0.15) is 0 Å². The van der Waals surface area contributed by atoms with Gasteiger partial charge >= 0.3 is 0 Å². The quantitative estimate of drug-likeness (QED) is 0.657. The number of aryl methyl sites for hydroxylation is 2. The van der Waals surface area contributed by atoms with Crippen LogP contribution in [0.25, 0.3) is 0 Å². The Labute approximate surface area is 228 Å². The second-order valence-corrected chi connectivity index (χ2v) is 12.2. The maximum absolute atomic E-state index is 15.6. The average Bonchev–Trinajstić information content (AvgIpc) is 3.32. The molecule has 1 spiro atoms. The number of hydrogen-bond donors (Lipinski definition) is 1. The fourth-order valence-corrected chi connectivity index (χ4v) is 8.52. The first kappa shape index (κ1) is 26.7. The zero-order valence-corrected chi connectivity index (χ0v) is 23.0. The summed E-state index contributed by atoms with van der Waals surface area (Å²) in [5, 5.41) is 2.29. The lowest BCUT2D eigenvalue weighted by molar-refractivity contribution is -0.640. The van der Waals surface area contributed by atoms with E-state index < -0.39 is 0 Å². The van der Waals surface area contributed by atoms with Gasteiger partial charge in [0.15, 0.2) is 0 Å². The maximum Gasteiger partial charge on any atom is 0.232 e. The van der Waals surface area contributed by atoms with Gasteiger partial charge in [-0.05, 0) is 86.5 Å². The Balaban J connectivity index is 0.00000280. The van der Waals surface area contributed by atoms with Crippen molar-refractivity contribution in [1.29, 1.82) is 0 Å². The molecule has 2 N–H and O–H groups in total. The number of benzene rings is 2. The number of likely N-dealkylation sites (tertiary alicyclic amines) is 1. The van der Waals surface area contributed by atoms with Crippen LogP contribution in [-0.4, -0.2) is 36.5 Å². The minimum atomic E-state index is -0.351. The van der Waals surface area contributed by atoms with Crippen molar-refractivity contribution in [2.24, 2.45) is 11.8 Å². The van der Waals surface area contributed by atoms with Gasteiger partial charge in [0.25, 0.3) is 0 Å². The van der Waals surface area contributed by atoms with Crippen LogP contribution in [0.2, 0.25) is 0 Å². The summed E-state index contributed by atoms with van der Waals surface area (Å²) in [6, 6.07) is 15.1. The number of hydrogen-bond acceptors (Lipinski definition) is 1. The normalized spacial score (nSPS) is 30.1. The highest BCUT2D eigenvalue weighted by Crippen LogP contribution is 2.47. The van der Waals surface area contributed by atoms with E-state index in [0.29, 0.717) is 23.8 Å². The molecule has 3 nitrogen and oxygen atoms in total. The minimum Gasteiger partial charge on any atom is -1.00 e. The summed E-state index contributed by atoms with van der Waals surface area (Å²) in [6.07, 6.45) is 11.4. The molecule has 3 fully saturated rings. The SMILES string of the molecule is Cc1cc(F)c2c(c1)CCC[C@]21C[NH2+]CC1C(=O)N1CC[C@@H](c2ccccc2)C[C@H]1C1CCCCC1.[Cl-]. The summed E-state index contributed by atoms with van der Waals surface area (Å²) in [6.45, 7) is 4.46. The number of halogens is 2. The highest BCUT2D eigenvalue weighted by Gasteiger charge is 2.56. The Morgan fingerprint density at radius 2 is 1.84 bits per heavy atom. The van der Waals surface area contributed by atoms with Crippen LogP contribution in [-0.2, 0) is 16.6 Å². The van der Waals surface area contributed by atoms with Gasteiger partial charge in [-0.25, -0.2) is 4.39 Å². The third-order valence-electron chi connectivity index (χ3n) is 10.2. The lowest BCUT2D eigenvalue weighted by atomic mass is 9.63. The van der Waals surface area contributed by atoms with Crippen LogP contribution in [0.1, 0.15) is 86.0 Å². The molecule has 0 aromatic heterocycles. The van der Waals surface area contributed by atoms with E-state index in [0.717, 1.165) is 68.4 Å². The van der Waals surface area contributed by atoms with Crippen molar-refractivity contribution < 1.29 is 26.9 Å². The molecule has 200 valence electrons. The highest BCUT2D eigenvalue weighted by molar-refractivity contribution is 5.82. The predicted molar refractivity (Wildman–Crippen MR) is 141 cm³/mol. The lowest BCUT2D eigenvalue weighted by Crippen LogP contribution is -3.00. The molecule has 2 aromatic carbocycles. The van der Waals surface area contributed by atoms with Gasteiger partial charge in [0.1, 0.15) is 11.7 Å². The molecule has 1 saturated carbocycles. The summed E-state index contributed by atoms with van der Waals surface area (Å²) < 4.78 is 15.6.